The highest BCUT2D eigenvalue weighted by Gasteiger charge is 2.52. The minimum absolute atomic E-state index is 0.117. The smallest absolute Gasteiger partial charge is 0.413 e. The van der Waals surface area contributed by atoms with Crippen molar-refractivity contribution in [3.63, 3.8) is 0 Å². The second-order valence-corrected chi connectivity index (χ2v) is 8.22. The van der Waals surface area contributed by atoms with Crippen LogP contribution in [-0.4, -0.2) is 44.1 Å². The van der Waals surface area contributed by atoms with E-state index in [1.54, 1.807) is 67.6 Å². The maximum absolute atomic E-state index is 14.7. The Kier molecular flexibility index (Phi) is 4.87. The fraction of sp³-hybridized carbons (Fsp3) is 0.160. The van der Waals surface area contributed by atoms with Crippen LogP contribution in [-0.2, 0) is 5.72 Å². The monoisotopic (exact) mass is 460 g/mol. The Balaban J connectivity index is 1.69. The predicted octanol–water partition coefficient (Wildman–Crippen LogP) is 4.23. The molecule has 3 N–H and O–H groups in total. The summed E-state index contributed by atoms with van der Waals surface area (Å²) in [5.41, 5.74) is 0.401. The summed E-state index contributed by atoms with van der Waals surface area (Å²) in [5, 5.41) is 21.4. The minimum atomic E-state index is -1.90. The molecular formula is C25H21FN4O4. The SMILES string of the molecule is CC(c1ccccc1F)N1C(=O)c2ccccc2C1(O)c1ccc2nc(N(C)C(=O)O)[nH]c2c1. The van der Waals surface area contributed by atoms with Crippen molar-refractivity contribution >= 4 is 29.0 Å². The molecular weight excluding hydrogens is 439 g/mol. The van der Waals surface area contributed by atoms with E-state index in [1.807, 2.05) is 0 Å². The van der Waals surface area contributed by atoms with E-state index in [4.69, 9.17) is 0 Å². The first kappa shape index (κ1) is 21.6. The topological polar surface area (TPSA) is 110 Å². The van der Waals surface area contributed by atoms with E-state index in [0.717, 1.165) is 4.90 Å². The third-order valence-electron chi connectivity index (χ3n) is 6.32. The van der Waals surface area contributed by atoms with Crippen molar-refractivity contribution < 1.29 is 24.2 Å². The molecule has 1 aromatic heterocycles. The van der Waals surface area contributed by atoms with Crippen LogP contribution in [0.25, 0.3) is 11.0 Å². The average Bonchev–Trinajstić information content (AvgIpc) is 3.36. The van der Waals surface area contributed by atoms with Crippen LogP contribution in [0.3, 0.4) is 0 Å². The van der Waals surface area contributed by atoms with E-state index in [2.05, 4.69) is 9.97 Å². The number of aromatic amines is 1. The van der Waals surface area contributed by atoms with Crippen molar-refractivity contribution in [2.45, 2.75) is 18.7 Å². The molecule has 2 atom stereocenters. The molecule has 2 unspecified atom stereocenters. The normalized spacial score (nSPS) is 18.2. The van der Waals surface area contributed by atoms with Gasteiger partial charge in [-0.05, 0) is 31.2 Å². The summed E-state index contributed by atoms with van der Waals surface area (Å²) in [4.78, 5) is 34.2. The lowest BCUT2D eigenvalue weighted by Gasteiger charge is -2.39. The molecule has 0 saturated carbocycles. The number of halogens is 1. The first-order valence-corrected chi connectivity index (χ1v) is 10.6. The number of nitrogens with zero attached hydrogens (tertiary/aromatic N) is 3. The van der Waals surface area contributed by atoms with Crippen LogP contribution < -0.4 is 4.90 Å². The predicted molar refractivity (Wildman–Crippen MR) is 123 cm³/mol. The first-order valence-electron chi connectivity index (χ1n) is 10.6. The Labute approximate surface area is 193 Å². The van der Waals surface area contributed by atoms with Gasteiger partial charge in [0.25, 0.3) is 5.91 Å². The van der Waals surface area contributed by atoms with E-state index < -0.39 is 29.6 Å². The molecule has 34 heavy (non-hydrogen) atoms. The lowest BCUT2D eigenvalue weighted by Crippen LogP contribution is -2.46. The van der Waals surface area contributed by atoms with Crippen LogP contribution in [0, 0.1) is 5.82 Å². The number of fused-ring (bicyclic) bond motifs is 2. The molecule has 9 heteroatoms. The summed E-state index contributed by atoms with van der Waals surface area (Å²) in [6.07, 6.45) is -1.18. The maximum Gasteiger partial charge on any atom is 0.413 e. The first-order chi connectivity index (χ1) is 16.2. The standard InChI is InChI=1S/C25H21FN4O4/c1-14(16-7-4-6-10-19(16)26)30-22(31)17-8-3-5-9-18(17)25(30,34)15-11-12-20-21(13-15)28-23(27-20)29(2)24(32)33/h3-14,34H,1-2H3,(H,27,28)(H,32,33). The molecule has 0 aliphatic carbocycles. The Morgan fingerprint density at radius 1 is 1.15 bits per heavy atom. The Morgan fingerprint density at radius 2 is 1.85 bits per heavy atom. The number of carbonyl (C=O) groups excluding carboxylic acids is 1. The molecule has 0 bridgehead atoms. The second kappa shape index (κ2) is 7.67. The number of rotatable bonds is 4. The van der Waals surface area contributed by atoms with Crippen LogP contribution >= 0.6 is 0 Å². The van der Waals surface area contributed by atoms with Gasteiger partial charge in [-0.15, -0.1) is 0 Å². The summed E-state index contributed by atoms with van der Waals surface area (Å²) in [7, 11) is 1.36. The van der Waals surface area contributed by atoms with Gasteiger partial charge in [-0.2, -0.15) is 0 Å². The minimum Gasteiger partial charge on any atom is -0.465 e. The van der Waals surface area contributed by atoms with Gasteiger partial charge in [0, 0.05) is 29.3 Å². The molecule has 1 aliphatic rings. The van der Waals surface area contributed by atoms with Gasteiger partial charge in [0.15, 0.2) is 5.72 Å². The van der Waals surface area contributed by atoms with Crippen LogP contribution in [0.5, 0.6) is 0 Å². The number of nitrogens with one attached hydrogen (secondary N) is 1. The Hall–Kier alpha value is -4.24. The van der Waals surface area contributed by atoms with E-state index in [9.17, 15) is 24.2 Å². The number of benzene rings is 3. The average molecular weight is 460 g/mol. The number of anilines is 1. The molecule has 172 valence electrons. The number of H-pyrrole nitrogens is 1. The van der Waals surface area contributed by atoms with Gasteiger partial charge >= 0.3 is 6.09 Å². The summed E-state index contributed by atoms with van der Waals surface area (Å²) in [6.45, 7) is 1.67. The zero-order valence-corrected chi connectivity index (χ0v) is 18.4. The van der Waals surface area contributed by atoms with Crippen molar-refractivity contribution in [2.24, 2.45) is 0 Å². The summed E-state index contributed by atoms with van der Waals surface area (Å²) in [6, 6.07) is 17.0. The maximum atomic E-state index is 14.7. The van der Waals surface area contributed by atoms with Gasteiger partial charge < -0.3 is 15.2 Å². The molecule has 0 fully saturated rings. The fourth-order valence-electron chi connectivity index (χ4n) is 4.55. The van der Waals surface area contributed by atoms with Gasteiger partial charge in [0.2, 0.25) is 5.95 Å². The summed E-state index contributed by atoms with van der Waals surface area (Å²) in [5.74, 6) is -0.789. The van der Waals surface area contributed by atoms with Crippen molar-refractivity contribution in [1.82, 2.24) is 14.9 Å². The van der Waals surface area contributed by atoms with Crippen molar-refractivity contribution in [1.29, 1.82) is 0 Å². The van der Waals surface area contributed by atoms with E-state index >= 15 is 0 Å². The van der Waals surface area contributed by atoms with E-state index in [0.29, 0.717) is 27.7 Å². The van der Waals surface area contributed by atoms with Crippen molar-refractivity contribution in [2.75, 3.05) is 11.9 Å². The molecule has 2 heterocycles. The van der Waals surface area contributed by atoms with Gasteiger partial charge in [-0.3, -0.25) is 14.6 Å². The van der Waals surface area contributed by atoms with Gasteiger partial charge in [0.1, 0.15) is 5.82 Å². The summed E-state index contributed by atoms with van der Waals surface area (Å²) >= 11 is 0. The zero-order chi connectivity index (χ0) is 24.2. The molecule has 0 saturated heterocycles. The van der Waals surface area contributed by atoms with Crippen LogP contribution in [0.2, 0.25) is 0 Å². The van der Waals surface area contributed by atoms with Gasteiger partial charge in [-0.25, -0.2) is 14.2 Å². The lowest BCUT2D eigenvalue weighted by atomic mass is 9.92. The number of imidazole rings is 1. The third-order valence-corrected chi connectivity index (χ3v) is 6.32. The molecule has 5 rings (SSSR count). The van der Waals surface area contributed by atoms with Crippen molar-refractivity contribution in [3.05, 3.63) is 94.8 Å². The Morgan fingerprint density at radius 3 is 2.59 bits per heavy atom. The number of hydrogen-bond acceptors (Lipinski definition) is 4. The number of hydrogen-bond donors (Lipinski definition) is 3. The van der Waals surface area contributed by atoms with E-state index in [-0.39, 0.29) is 11.5 Å². The molecule has 3 aromatic carbocycles. The van der Waals surface area contributed by atoms with Gasteiger partial charge in [-0.1, -0.05) is 42.5 Å². The number of amides is 2. The highest BCUT2D eigenvalue weighted by molar-refractivity contribution is 6.01. The zero-order valence-electron chi connectivity index (χ0n) is 18.4. The lowest BCUT2D eigenvalue weighted by molar-refractivity contribution is -0.0681. The van der Waals surface area contributed by atoms with Crippen molar-refractivity contribution in [3.8, 4) is 0 Å². The quantitative estimate of drug-likeness (QED) is 0.422. The highest BCUT2D eigenvalue weighted by atomic mass is 19.1. The van der Waals surface area contributed by atoms with Crippen LogP contribution in [0.1, 0.15) is 40.0 Å². The second-order valence-electron chi connectivity index (χ2n) is 8.22. The highest BCUT2D eigenvalue weighted by Crippen LogP contribution is 2.47. The number of carbonyl (C=O) groups is 2. The van der Waals surface area contributed by atoms with Crippen LogP contribution in [0.15, 0.2) is 66.7 Å². The fourth-order valence-corrected chi connectivity index (χ4v) is 4.55. The third kappa shape index (κ3) is 3.05. The summed E-state index contributed by atoms with van der Waals surface area (Å²) < 4.78 is 14.7. The molecule has 8 nitrogen and oxygen atoms in total. The molecule has 0 radical (unpaired) electrons. The molecule has 0 spiro atoms. The Bertz CT molecular complexity index is 1450. The number of aliphatic hydroxyl groups is 1. The van der Waals surface area contributed by atoms with Crippen LogP contribution in [0.4, 0.5) is 15.1 Å². The van der Waals surface area contributed by atoms with Gasteiger partial charge in [0.05, 0.1) is 17.1 Å². The molecule has 2 amide bonds. The molecule has 4 aromatic rings. The van der Waals surface area contributed by atoms with E-state index in [1.165, 1.54) is 18.0 Å². The number of carboxylic acid groups (broad SMARTS) is 1. The largest absolute Gasteiger partial charge is 0.465 e. The number of aromatic nitrogens is 2. The molecule has 1 aliphatic heterocycles.